The summed E-state index contributed by atoms with van der Waals surface area (Å²) in [4.78, 5) is 11.0. The van der Waals surface area contributed by atoms with E-state index in [1.807, 2.05) is 24.3 Å². The third-order valence-electron chi connectivity index (χ3n) is 2.73. The Morgan fingerprint density at radius 2 is 1.82 bits per heavy atom. The molecule has 3 aromatic rings. The summed E-state index contributed by atoms with van der Waals surface area (Å²) in [6.45, 7) is 0. The van der Waals surface area contributed by atoms with Crippen LogP contribution in [0.1, 0.15) is 10.4 Å². The second-order valence-corrected chi connectivity index (χ2v) is 4.85. The first-order chi connectivity index (χ1) is 8.16. The first-order valence-corrected chi connectivity index (χ1v) is 5.86. The Hall–Kier alpha value is -2.07. The van der Waals surface area contributed by atoms with Gasteiger partial charge in [-0.2, -0.15) is 0 Å². The molecule has 84 valence electrons. The molecule has 0 spiro atoms. The number of aromatic hydroxyl groups is 1. The molecule has 1 heterocycles. The molecule has 0 saturated carbocycles. The molecular formula is C13H8O3S. The molecule has 17 heavy (non-hydrogen) atoms. The maximum absolute atomic E-state index is 11.0. The summed E-state index contributed by atoms with van der Waals surface area (Å²) < 4.78 is 1.98. The van der Waals surface area contributed by atoms with Gasteiger partial charge in [-0.25, -0.2) is 4.79 Å². The van der Waals surface area contributed by atoms with Crippen molar-refractivity contribution in [1.29, 1.82) is 0 Å². The summed E-state index contributed by atoms with van der Waals surface area (Å²) in [6, 6.07) is 10.8. The molecule has 4 heteroatoms. The van der Waals surface area contributed by atoms with Crippen LogP contribution in [-0.4, -0.2) is 16.2 Å². The highest BCUT2D eigenvalue weighted by atomic mass is 32.1. The topological polar surface area (TPSA) is 57.5 Å². The lowest BCUT2D eigenvalue weighted by atomic mass is 10.1. The van der Waals surface area contributed by atoms with Gasteiger partial charge in [0.15, 0.2) is 0 Å². The van der Waals surface area contributed by atoms with Gasteiger partial charge in [-0.05, 0) is 18.2 Å². The number of thiophene rings is 1. The first kappa shape index (κ1) is 10.1. The molecule has 0 amide bonds. The van der Waals surface area contributed by atoms with Crippen molar-refractivity contribution in [3.8, 4) is 5.75 Å². The van der Waals surface area contributed by atoms with Gasteiger partial charge in [0, 0.05) is 20.2 Å². The van der Waals surface area contributed by atoms with Crippen LogP contribution in [0, 0.1) is 0 Å². The molecule has 3 rings (SSSR count). The van der Waals surface area contributed by atoms with Gasteiger partial charge in [-0.1, -0.05) is 18.2 Å². The Labute approximate surface area is 101 Å². The summed E-state index contributed by atoms with van der Waals surface area (Å²) in [5.41, 5.74) is -0.0546. The van der Waals surface area contributed by atoms with Gasteiger partial charge in [0.1, 0.15) is 11.3 Å². The lowest BCUT2D eigenvalue weighted by Gasteiger charge is -1.99. The number of carboxylic acids is 1. The Morgan fingerprint density at radius 3 is 2.59 bits per heavy atom. The van der Waals surface area contributed by atoms with Crippen LogP contribution in [0.5, 0.6) is 5.75 Å². The van der Waals surface area contributed by atoms with Crippen LogP contribution in [0.4, 0.5) is 0 Å². The molecule has 0 aliphatic rings. The minimum absolute atomic E-state index is 0.0546. The van der Waals surface area contributed by atoms with Crippen LogP contribution in [-0.2, 0) is 0 Å². The van der Waals surface area contributed by atoms with Crippen LogP contribution in [0.3, 0.4) is 0 Å². The van der Waals surface area contributed by atoms with E-state index in [0.29, 0.717) is 0 Å². The van der Waals surface area contributed by atoms with Crippen LogP contribution in [0.2, 0.25) is 0 Å². The molecular weight excluding hydrogens is 236 g/mol. The van der Waals surface area contributed by atoms with Gasteiger partial charge in [-0.3, -0.25) is 0 Å². The fourth-order valence-corrected chi connectivity index (χ4v) is 3.05. The van der Waals surface area contributed by atoms with Crippen molar-refractivity contribution >= 4 is 37.5 Å². The van der Waals surface area contributed by atoms with E-state index in [1.165, 1.54) is 12.1 Å². The number of rotatable bonds is 1. The molecule has 3 nitrogen and oxygen atoms in total. The van der Waals surface area contributed by atoms with Gasteiger partial charge < -0.3 is 10.2 Å². The van der Waals surface area contributed by atoms with Crippen molar-refractivity contribution in [1.82, 2.24) is 0 Å². The number of carbonyl (C=O) groups is 1. The Balaban J connectivity index is 2.47. The summed E-state index contributed by atoms with van der Waals surface area (Å²) in [7, 11) is 0. The average Bonchev–Trinajstić information content (AvgIpc) is 2.64. The van der Waals surface area contributed by atoms with Gasteiger partial charge in [0.05, 0.1) is 0 Å². The number of benzene rings is 2. The van der Waals surface area contributed by atoms with Crippen LogP contribution >= 0.6 is 11.3 Å². The lowest BCUT2D eigenvalue weighted by Crippen LogP contribution is -1.95. The zero-order valence-corrected chi connectivity index (χ0v) is 9.49. The van der Waals surface area contributed by atoms with Crippen molar-refractivity contribution in [2.24, 2.45) is 0 Å². The zero-order chi connectivity index (χ0) is 12.0. The fourth-order valence-electron chi connectivity index (χ4n) is 1.93. The number of phenols is 1. The smallest absolute Gasteiger partial charge is 0.339 e. The van der Waals surface area contributed by atoms with E-state index in [9.17, 15) is 9.90 Å². The third kappa shape index (κ3) is 1.45. The molecule has 1 aromatic heterocycles. The van der Waals surface area contributed by atoms with Gasteiger partial charge >= 0.3 is 5.97 Å². The van der Waals surface area contributed by atoms with Gasteiger partial charge in [0.25, 0.3) is 0 Å². The van der Waals surface area contributed by atoms with E-state index in [0.717, 1.165) is 20.2 Å². The molecule has 0 aliphatic heterocycles. The van der Waals surface area contributed by atoms with E-state index in [4.69, 9.17) is 5.11 Å². The van der Waals surface area contributed by atoms with Crippen molar-refractivity contribution in [3.05, 3.63) is 42.0 Å². The van der Waals surface area contributed by atoms with Crippen molar-refractivity contribution in [2.45, 2.75) is 0 Å². The highest BCUT2D eigenvalue weighted by Gasteiger charge is 2.13. The van der Waals surface area contributed by atoms with Crippen LogP contribution < -0.4 is 0 Å². The minimum atomic E-state index is -1.11. The number of hydrogen-bond acceptors (Lipinski definition) is 3. The number of hydrogen-bond donors (Lipinski definition) is 2. The SMILES string of the molecule is O=C(O)c1cc2c(cc1O)sc1ccccc12. The van der Waals surface area contributed by atoms with E-state index in [2.05, 4.69) is 0 Å². The van der Waals surface area contributed by atoms with E-state index < -0.39 is 5.97 Å². The Kier molecular flexibility index (Phi) is 2.06. The average molecular weight is 244 g/mol. The van der Waals surface area contributed by atoms with Crippen molar-refractivity contribution < 1.29 is 15.0 Å². The predicted molar refractivity (Wildman–Crippen MR) is 68.0 cm³/mol. The largest absolute Gasteiger partial charge is 0.507 e. The second-order valence-electron chi connectivity index (χ2n) is 3.77. The molecule has 0 unspecified atom stereocenters. The molecule has 0 aliphatic carbocycles. The van der Waals surface area contributed by atoms with Crippen molar-refractivity contribution in [2.75, 3.05) is 0 Å². The zero-order valence-electron chi connectivity index (χ0n) is 8.68. The van der Waals surface area contributed by atoms with E-state index in [1.54, 1.807) is 11.3 Å². The highest BCUT2D eigenvalue weighted by molar-refractivity contribution is 7.25. The summed E-state index contributed by atoms with van der Waals surface area (Å²) in [5, 5.41) is 20.5. The lowest BCUT2D eigenvalue weighted by molar-refractivity contribution is 0.0694. The Bertz CT molecular complexity index is 743. The van der Waals surface area contributed by atoms with Gasteiger partial charge in [0.2, 0.25) is 0 Å². The molecule has 0 atom stereocenters. The molecule has 2 N–H and O–H groups in total. The molecule has 2 aromatic carbocycles. The molecule has 0 bridgehead atoms. The number of aromatic carboxylic acids is 1. The molecule has 0 saturated heterocycles. The molecule has 0 radical (unpaired) electrons. The molecule has 0 fully saturated rings. The maximum Gasteiger partial charge on any atom is 0.339 e. The predicted octanol–water partition coefficient (Wildman–Crippen LogP) is 3.46. The summed E-state index contributed by atoms with van der Waals surface area (Å²) >= 11 is 1.54. The minimum Gasteiger partial charge on any atom is -0.507 e. The van der Waals surface area contributed by atoms with E-state index >= 15 is 0 Å². The number of fused-ring (bicyclic) bond motifs is 3. The van der Waals surface area contributed by atoms with E-state index in [-0.39, 0.29) is 11.3 Å². The Morgan fingerprint density at radius 1 is 1.06 bits per heavy atom. The van der Waals surface area contributed by atoms with Crippen LogP contribution in [0.25, 0.3) is 20.2 Å². The quantitative estimate of drug-likeness (QED) is 0.689. The first-order valence-electron chi connectivity index (χ1n) is 5.04. The van der Waals surface area contributed by atoms with Crippen LogP contribution in [0.15, 0.2) is 36.4 Å². The maximum atomic E-state index is 11.0. The van der Waals surface area contributed by atoms with Gasteiger partial charge in [-0.15, -0.1) is 11.3 Å². The monoisotopic (exact) mass is 244 g/mol. The third-order valence-corrected chi connectivity index (χ3v) is 3.86. The standard InChI is InChI=1S/C13H8O3S/c14-10-6-12-8(5-9(10)13(15)16)7-3-1-2-4-11(7)17-12/h1-6,14H,(H,15,16). The summed E-state index contributed by atoms with van der Waals surface area (Å²) in [5.74, 6) is -1.30. The number of carboxylic acid groups (broad SMARTS) is 1. The van der Waals surface area contributed by atoms with Crippen molar-refractivity contribution in [3.63, 3.8) is 0 Å². The highest BCUT2D eigenvalue weighted by Crippen LogP contribution is 2.37. The fraction of sp³-hybridized carbons (Fsp3) is 0. The second kappa shape index (κ2) is 3.46. The normalized spacial score (nSPS) is 11.1. The summed E-state index contributed by atoms with van der Waals surface area (Å²) in [6.07, 6.45) is 0.